The average Bonchev–Trinajstić information content (AvgIpc) is 2.56. The first-order valence-electron chi connectivity index (χ1n) is 7.93. The van der Waals surface area contributed by atoms with Crippen LogP contribution in [0, 0.1) is 6.92 Å². The third-order valence-electron chi connectivity index (χ3n) is 4.40. The highest BCUT2D eigenvalue weighted by molar-refractivity contribution is 5.97. The van der Waals surface area contributed by atoms with Gasteiger partial charge >= 0.3 is 5.97 Å². The van der Waals surface area contributed by atoms with E-state index in [2.05, 4.69) is 17.0 Å². The molecule has 0 atom stereocenters. The van der Waals surface area contributed by atoms with Gasteiger partial charge in [-0.3, -0.25) is 4.90 Å². The summed E-state index contributed by atoms with van der Waals surface area (Å²) < 4.78 is 0. The second-order valence-corrected chi connectivity index (χ2v) is 6.02. The predicted octanol–water partition coefficient (Wildman–Crippen LogP) is 3.74. The molecule has 1 N–H and O–H groups in total. The zero-order chi connectivity index (χ0) is 16.2. The van der Waals surface area contributed by atoms with Crippen LogP contribution < -0.4 is 0 Å². The number of carboxylic acid groups (broad SMARTS) is 1. The molecule has 0 bridgehead atoms. The summed E-state index contributed by atoms with van der Waals surface area (Å²) in [6, 6.07) is 18.4. The quantitative estimate of drug-likeness (QED) is 0.935. The van der Waals surface area contributed by atoms with Crippen molar-refractivity contribution < 1.29 is 9.90 Å². The molecule has 0 saturated heterocycles. The van der Waals surface area contributed by atoms with Gasteiger partial charge in [-0.25, -0.2) is 4.79 Å². The van der Waals surface area contributed by atoms with E-state index >= 15 is 0 Å². The molecule has 0 fully saturated rings. The Hall–Kier alpha value is -2.39. The lowest BCUT2D eigenvalue weighted by Gasteiger charge is -2.30. The highest BCUT2D eigenvalue weighted by Crippen LogP contribution is 2.29. The SMILES string of the molecule is Cc1ccccc1C1=C(C(=O)O)CCN(Cc2ccccc2)C1. The Kier molecular flexibility index (Phi) is 4.58. The van der Waals surface area contributed by atoms with Gasteiger partial charge in [0.25, 0.3) is 0 Å². The third kappa shape index (κ3) is 3.51. The van der Waals surface area contributed by atoms with Crippen molar-refractivity contribution in [2.24, 2.45) is 0 Å². The Morgan fingerprint density at radius 3 is 2.48 bits per heavy atom. The highest BCUT2D eigenvalue weighted by atomic mass is 16.4. The lowest BCUT2D eigenvalue weighted by molar-refractivity contribution is -0.132. The van der Waals surface area contributed by atoms with E-state index in [-0.39, 0.29) is 0 Å². The Morgan fingerprint density at radius 2 is 1.78 bits per heavy atom. The number of benzene rings is 2. The van der Waals surface area contributed by atoms with Gasteiger partial charge in [-0.15, -0.1) is 0 Å². The molecule has 23 heavy (non-hydrogen) atoms. The maximum Gasteiger partial charge on any atom is 0.331 e. The van der Waals surface area contributed by atoms with Crippen molar-refractivity contribution in [3.63, 3.8) is 0 Å². The zero-order valence-corrected chi connectivity index (χ0v) is 13.3. The smallest absolute Gasteiger partial charge is 0.331 e. The highest BCUT2D eigenvalue weighted by Gasteiger charge is 2.24. The van der Waals surface area contributed by atoms with Gasteiger partial charge in [0.05, 0.1) is 0 Å². The molecule has 3 rings (SSSR count). The molecule has 1 aliphatic heterocycles. The monoisotopic (exact) mass is 307 g/mol. The molecule has 3 nitrogen and oxygen atoms in total. The van der Waals surface area contributed by atoms with E-state index in [1.54, 1.807) is 0 Å². The third-order valence-corrected chi connectivity index (χ3v) is 4.40. The van der Waals surface area contributed by atoms with Crippen LogP contribution in [0.5, 0.6) is 0 Å². The molecule has 0 amide bonds. The topological polar surface area (TPSA) is 40.5 Å². The fourth-order valence-electron chi connectivity index (χ4n) is 3.19. The second-order valence-electron chi connectivity index (χ2n) is 6.02. The lowest BCUT2D eigenvalue weighted by atomic mass is 9.91. The molecule has 118 valence electrons. The van der Waals surface area contributed by atoms with Gasteiger partial charge in [-0.05, 0) is 35.6 Å². The van der Waals surface area contributed by atoms with Gasteiger partial charge in [0.15, 0.2) is 0 Å². The Bertz CT molecular complexity index is 734. The Morgan fingerprint density at radius 1 is 1.09 bits per heavy atom. The van der Waals surface area contributed by atoms with E-state index < -0.39 is 5.97 Å². The van der Waals surface area contributed by atoms with E-state index in [1.165, 1.54) is 5.56 Å². The van der Waals surface area contributed by atoms with E-state index in [0.29, 0.717) is 18.5 Å². The van der Waals surface area contributed by atoms with Crippen LogP contribution in [0.1, 0.15) is 23.1 Å². The first kappa shape index (κ1) is 15.5. The largest absolute Gasteiger partial charge is 0.478 e. The minimum atomic E-state index is -0.789. The van der Waals surface area contributed by atoms with E-state index in [1.807, 2.05) is 49.4 Å². The molecule has 0 spiro atoms. The van der Waals surface area contributed by atoms with Crippen LogP contribution in [0.15, 0.2) is 60.2 Å². The number of hydrogen-bond donors (Lipinski definition) is 1. The van der Waals surface area contributed by atoms with Crippen molar-refractivity contribution >= 4 is 11.5 Å². The van der Waals surface area contributed by atoms with Crippen molar-refractivity contribution in [3.05, 3.63) is 76.9 Å². The van der Waals surface area contributed by atoms with Crippen LogP contribution >= 0.6 is 0 Å². The van der Waals surface area contributed by atoms with Gasteiger partial charge in [-0.2, -0.15) is 0 Å². The van der Waals surface area contributed by atoms with Gasteiger partial charge < -0.3 is 5.11 Å². The Balaban J connectivity index is 1.90. The number of aliphatic carboxylic acids is 1. The fourth-order valence-corrected chi connectivity index (χ4v) is 3.19. The van der Waals surface area contributed by atoms with Gasteiger partial charge in [-0.1, -0.05) is 54.6 Å². The average molecular weight is 307 g/mol. The van der Waals surface area contributed by atoms with Crippen LogP contribution in [-0.2, 0) is 11.3 Å². The lowest BCUT2D eigenvalue weighted by Crippen LogP contribution is -2.32. The van der Waals surface area contributed by atoms with Crippen LogP contribution in [0.2, 0.25) is 0 Å². The summed E-state index contributed by atoms with van der Waals surface area (Å²) in [4.78, 5) is 14.0. The maximum absolute atomic E-state index is 11.6. The number of rotatable bonds is 4. The van der Waals surface area contributed by atoms with Crippen LogP contribution in [0.4, 0.5) is 0 Å². The van der Waals surface area contributed by atoms with Crippen LogP contribution in [0.25, 0.3) is 5.57 Å². The number of carbonyl (C=O) groups is 1. The predicted molar refractivity (Wildman–Crippen MR) is 92.1 cm³/mol. The minimum absolute atomic E-state index is 0.559. The van der Waals surface area contributed by atoms with Crippen molar-refractivity contribution in [3.8, 4) is 0 Å². The normalized spacial score (nSPS) is 15.7. The first-order valence-corrected chi connectivity index (χ1v) is 7.93. The summed E-state index contributed by atoms with van der Waals surface area (Å²) in [7, 11) is 0. The number of carboxylic acids is 1. The summed E-state index contributed by atoms with van der Waals surface area (Å²) in [5.41, 5.74) is 4.96. The summed E-state index contributed by atoms with van der Waals surface area (Å²) in [5.74, 6) is -0.789. The molecule has 0 aliphatic carbocycles. The molecule has 3 heteroatoms. The summed E-state index contributed by atoms with van der Waals surface area (Å²) in [5, 5.41) is 9.56. The standard InChI is InChI=1S/C20H21NO2/c1-15-7-5-6-10-17(15)19-14-21(12-11-18(19)20(22)23)13-16-8-3-2-4-9-16/h2-10H,11-14H2,1H3,(H,22,23). The molecule has 1 heterocycles. The molecule has 2 aromatic carbocycles. The van der Waals surface area contributed by atoms with Gasteiger partial charge in [0, 0.05) is 25.2 Å². The minimum Gasteiger partial charge on any atom is -0.478 e. The first-order chi connectivity index (χ1) is 11.1. The van der Waals surface area contributed by atoms with Crippen molar-refractivity contribution in [1.29, 1.82) is 0 Å². The summed E-state index contributed by atoms with van der Waals surface area (Å²) in [6.07, 6.45) is 0.589. The fraction of sp³-hybridized carbons (Fsp3) is 0.250. The van der Waals surface area contributed by atoms with Crippen LogP contribution in [0.3, 0.4) is 0 Å². The van der Waals surface area contributed by atoms with Gasteiger partial charge in [0.1, 0.15) is 0 Å². The van der Waals surface area contributed by atoms with E-state index in [0.717, 1.165) is 29.8 Å². The zero-order valence-electron chi connectivity index (χ0n) is 13.3. The van der Waals surface area contributed by atoms with E-state index in [9.17, 15) is 9.90 Å². The maximum atomic E-state index is 11.6. The van der Waals surface area contributed by atoms with Crippen molar-refractivity contribution in [1.82, 2.24) is 4.90 Å². The molecule has 0 saturated carbocycles. The molecule has 0 unspecified atom stereocenters. The van der Waals surface area contributed by atoms with Gasteiger partial charge in [0.2, 0.25) is 0 Å². The van der Waals surface area contributed by atoms with Crippen molar-refractivity contribution in [2.45, 2.75) is 19.9 Å². The van der Waals surface area contributed by atoms with Crippen molar-refractivity contribution in [2.75, 3.05) is 13.1 Å². The molecule has 2 aromatic rings. The molecule has 0 radical (unpaired) electrons. The van der Waals surface area contributed by atoms with Crippen LogP contribution in [-0.4, -0.2) is 29.1 Å². The number of nitrogens with zero attached hydrogens (tertiary/aromatic N) is 1. The van der Waals surface area contributed by atoms with E-state index in [4.69, 9.17) is 0 Å². The molecule has 0 aromatic heterocycles. The molecule has 1 aliphatic rings. The molecular formula is C20H21NO2. The number of hydrogen-bond acceptors (Lipinski definition) is 2. The second kappa shape index (κ2) is 6.80. The summed E-state index contributed by atoms with van der Waals surface area (Å²) in [6.45, 7) is 4.36. The molecular weight excluding hydrogens is 286 g/mol. The Labute approximate surface area is 136 Å². The summed E-state index contributed by atoms with van der Waals surface area (Å²) >= 11 is 0. The number of aryl methyl sites for hydroxylation is 1.